The molecular weight excluding hydrogens is 230 g/mol. The Bertz CT molecular complexity index is 305. The quantitative estimate of drug-likeness (QED) is 0.836. The van der Waals surface area contributed by atoms with E-state index < -0.39 is 5.97 Å². The summed E-state index contributed by atoms with van der Waals surface area (Å²) in [5, 5.41) is 9.19. The fourth-order valence-corrected chi connectivity index (χ4v) is 3.23. The molecule has 2 unspecified atom stereocenters. The fraction of sp³-hybridized carbons (Fsp3) is 0.929. The number of carboxylic acids is 1. The number of rotatable bonds is 3. The van der Waals surface area contributed by atoms with Crippen LogP contribution in [0.15, 0.2) is 0 Å². The van der Waals surface area contributed by atoms with Crippen LogP contribution < -0.4 is 0 Å². The lowest BCUT2D eigenvalue weighted by atomic mass is 9.94. The molecule has 0 radical (unpaired) electrons. The van der Waals surface area contributed by atoms with Crippen LogP contribution in [0.2, 0.25) is 0 Å². The van der Waals surface area contributed by atoms with Gasteiger partial charge in [0.25, 0.3) is 0 Å². The standard InChI is InChI=1S/C14H25NO3/c1-9(2)13-6-11(4-5-18-13)15-7-10(3)12(8-15)14(16)17/h9-13H,4-8H2,1-3H3,(H,16,17)/t10-,11?,12-,13?/m1/s1. The summed E-state index contributed by atoms with van der Waals surface area (Å²) in [5.41, 5.74) is 0. The molecule has 1 N–H and O–H groups in total. The highest BCUT2D eigenvalue weighted by Crippen LogP contribution is 2.30. The summed E-state index contributed by atoms with van der Waals surface area (Å²) in [5.74, 6) is -0.0197. The van der Waals surface area contributed by atoms with Crippen molar-refractivity contribution in [2.45, 2.75) is 45.8 Å². The van der Waals surface area contributed by atoms with Crippen LogP contribution in [0, 0.1) is 17.8 Å². The average molecular weight is 255 g/mol. The summed E-state index contributed by atoms with van der Waals surface area (Å²) in [6.45, 7) is 8.89. The highest BCUT2D eigenvalue weighted by molar-refractivity contribution is 5.71. The van der Waals surface area contributed by atoms with E-state index >= 15 is 0 Å². The first-order valence-electron chi connectivity index (χ1n) is 7.07. The molecule has 2 aliphatic heterocycles. The molecule has 4 atom stereocenters. The summed E-state index contributed by atoms with van der Waals surface area (Å²) in [4.78, 5) is 13.5. The van der Waals surface area contributed by atoms with Gasteiger partial charge in [0.05, 0.1) is 12.0 Å². The van der Waals surface area contributed by atoms with E-state index in [1.165, 1.54) is 0 Å². The zero-order valence-electron chi connectivity index (χ0n) is 11.6. The molecule has 0 aromatic heterocycles. The van der Waals surface area contributed by atoms with Gasteiger partial charge in [0.15, 0.2) is 0 Å². The van der Waals surface area contributed by atoms with Gasteiger partial charge < -0.3 is 9.84 Å². The molecule has 2 rings (SSSR count). The lowest BCUT2D eigenvalue weighted by molar-refractivity contribution is -0.142. The summed E-state index contributed by atoms with van der Waals surface area (Å²) >= 11 is 0. The van der Waals surface area contributed by atoms with Crippen molar-refractivity contribution in [2.24, 2.45) is 17.8 Å². The molecule has 0 aromatic rings. The van der Waals surface area contributed by atoms with Crippen LogP contribution in [0.3, 0.4) is 0 Å². The number of nitrogens with zero attached hydrogens (tertiary/aromatic N) is 1. The van der Waals surface area contributed by atoms with Crippen molar-refractivity contribution in [3.05, 3.63) is 0 Å². The zero-order valence-corrected chi connectivity index (χ0v) is 11.6. The van der Waals surface area contributed by atoms with Crippen molar-refractivity contribution in [1.29, 1.82) is 0 Å². The largest absolute Gasteiger partial charge is 0.481 e. The summed E-state index contributed by atoms with van der Waals surface area (Å²) in [7, 11) is 0. The number of likely N-dealkylation sites (tertiary alicyclic amines) is 1. The first kappa shape index (κ1) is 13.8. The molecule has 2 saturated heterocycles. The number of hydrogen-bond acceptors (Lipinski definition) is 3. The molecular formula is C14H25NO3. The van der Waals surface area contributed by atoms with Gasteiger partial charge in [0.1, 0.15) is 0 Å². The Kier molecular flexibility index (Phi) is 4.28. The predicted octanol–water partition coefficient (Wildman–Crippen LogP) is 1.84. The SMILES string of the molecule is CC(C)C1CC(N2C[C@@H](C)[C@H](C(=O)O)C2)CCO1. The lowest BCUT2D eigenvalue weighted by Gasteiger charge is -2.37. The number of aliphatic carboxylic acids is 1. The molecule has 2 heterocycles. The Labute approximate surface area is 109 Å². The van der Waals surface area contributed by atoms with E-state index in [2.05, 4.69) is 25.7 Å². The minimum Gasteiger partial charge on any atom is -0.481 e. The van der Waals surface area contributed by atoms with E-state index in [4.69, 9.17) is 4.74 Å². The smallest absolute Gasteiger partial charge is 0.308 e. The Hall–Kier alpha value is -0.610. The van der Waals surface area contributed by atoms with E-state index in [0.717, 1.165) is 26.0 Å². The Morgan fingerprint density at radius 3 is 2.67 bits per heavy atom. The molecule has 0 aliphatic carbocycles. The van der Waals surface area contributed by atoms with Crippen LogP contribution in [0.25, 0.3) is 0 Å². The van der Waals surface area contributed by atoms with Gasteiger partial charge in [0.2, 0.25) is 0 Å². The van der Waals surface area contributed by atoms with Gasteiger partial charge in [-0.05, 0) is 24.7 Å². The molecule has 0 saturated carbocycles. The first-order valence-corrected chi connectivity index (χ1v) is 7.07. The third kappa shape index (κ3) is 2.86. The number of hydrogen-bond donors (Lipinski definition) is 1. The van der Waals surface area contributed by atoms with Crippen LogP contribution in [-0.2, 0) is 9.53 Å². The second-order valence-corrected chi connectivity index (χ2v) is 6.21. The van der Waals surface area contributed by atoms with Gasteiger partial charge in [-0.2, -0.15) is 0 Å². The molecule has 0 bridgehead atoms. The molecule has 2 aliphatic rings. The third-order valence-corrected chi connectivity index (χ3v) is 4.51. The van der Waals surface area contributed by atoms with Crippen LogP contribution in [0.5, 0.6) is 0 Å². The van der Waals surface area contributed by atoms with E-state index in [0.29, 0.717) is 24.6 Å². The molecule has 4 nitrogen and oxygen atoms in total. The maximum Gasteiger partial charge on any atom is 0.308 e. The monoisotopic (exact) mass is 255 g/mol. The van der Waals surface area contributed by atoms with Gasteiger partial charge in [0, 0.05) is 25.7 Å². The second kappa shape index (κ2) is 5.57. The summed E-state index contributed by atoms with van der Waals surface area (Å²) < 4.78 is 5.79. The van der Waals surface area contributed by atoms with Crippen LogP contribution >= 0.6 is 0 Å². The average Bonchev–Trinajstić information content (AvgIpc) is 2.71. The third-order valence-electron chi connectivity index (χ3n) is 4.51. The van der Waals surface area contributed by atoms with Gasteiger partial charge >= 0.3 is 5.97 Å². The first-order chi connectivity index (χ1) is 8.49. The molecule has 0 spiro atoms. The van der Waals surface area contributed by atoms with E-state index in [1.807, 2.05) is 0 Å². The van der Waals surface area contributed by atoms with Crippen molar-refractivity contribution < 1.29 is 14.6 Å². The molecule has 2 fully saturated rings. The molecule has 4 heteroatoms. The number of carboxylic acid groups (broad SMARTS) is 1. The van der Waals surface area contributed by atoms with E-state index in [-0.39, 0.29) is 11.8 Å². The van der Waals surface area contributed by atoms with Gasteiger partial charge in [-0.15, -0.1) is 0 Å². The highest BCUT2D eigenvalue weighted by Gasteiger charge is 2.39. The fourth-order valence-electron chi connectivity index (χ4n) is 3.23. The molecule has 18 heavy (non-hydrogen) atoms. The van der Waals surface area contributed by atoms with Crippen LogP contribution in [0.1, 0.15) is 33.6 Å². The van der Waals surface area contributed by atoms with Crippen molar-refractivity contribution in [3.63, 3.8) is 0 Å². The van der Waals surface area contributed by atoms with E-state index in [9.17, 15) is 9.90 Å². The second-order valence-electron chi connectivity index (χ2n) is 6.21. The van der Waals surface area contributed by atoms with Crippen molar-refractivity contribution >= 4 is 5.97 Å². The summed E-state index contributed by atoms with van der Waals surface area (Å²) in [6, 6.07) is 0.512. The van der Waals surface area contributed by atoms with Gasteiger partial charge in [-0.1, -0.05) is 20.8 Å². The minimum absolute atomic E-state index is 0.189. The van der Waals surface area contributed by atoms with Crippen LogP contribution in [-0.4, -0.2) is 47.8 Å². The Morgan fingerprint density at radius 1 is 1.39 bits per heavy atom. The zero-order chi connectivity index (χ0) is 13.3. The van der Waals surface area contributed by atoms with Gasteiger partial charge in [-0.25, -0.2) is 0 Å². The highest BCUT2D eigenvalue weighted by atomic mass is 16.5. The van der Waals surface area contributed by atoms with E-state index in [1.54, 1.807) is 0 Å². The van der Waals surface area contributed by atoms with Crippen molar-refractivity contribution in [2.75, 3.05) is 19.7 Å². The van der Waals surface area contributed by atoms with Crippen LogP contribution in [0.4, 0.5) is 0 Å². The Balaban J connectivity index is 1.94. The maximum atomic E-state index is 11.2. The number of carbonyl (C=O) groups is 1. The minimum atomic E-state index is -0.641. The summed E-state index contributed by atoms with van der Waals surface area (Å²) in [6.07, 6.45) is 2.43. The Morgan fingerprint density at radius 2 is 2.11 bits per heavy atom. The molecule has 0 aromatic carbocycles. The normalized spacial score (nSPS) is 38.2. The molecule has 0 amide bonds. The molecule has 104 valence electrons. The lowest BCUT2D eigenvalue weighted by Crippen LogP contribution is -2.43. The number of ether oxygens (including phenoxy) is 1. The predicted molar refractivity (Wildman–Crippen MR) is 69.5 cm³/mol. The van der Waals surface area contributed by atoms with Gasteiger partial charge in [-0.3, -0.25) is 9.69 Å². The topological polar surface area (TPSA) is 49.8 Å². The van der Waals surface area contributed by atoms with Crippen molar-refractivity contribution in [3.8, 4) is 0 Å². The maximum absolute atomic E-state index is 11.2. The van der Waals surface area contributed by atoms with Crippen molar-refractivity contribution in [1.82, 2.24) is 4.90 Å².